The summed E-state index contributed by atoms with van der Waals surface area (Å²) in [5.74, 6) is 0.504. The van der Waals surface area contributed by atoms with E-state index in [0.29, 0.717) is 19.1 Å². The van der Waals surface area contributed by atoms with Gasteiger partial charge in [0.05, 0.1) is 6.61 Å². The number of rotatable bonds is 6. The molecule has 0 atom stereocenters. The number of carbonyl (C=O) groups is 1. The average molecular weight is 328 g/mol. The van der Waals surface area contributed by atoms with E-state index in [0.717, 1.165) is 22.1 Å². The maximum atomic E-state index is 12.5. The van der Waals surface area contributed by atoms with E-state index in [9.17, 15) is 4.79 Å². The van der Waals surface area contributed by atoms with E-state index in [2.05, 4.69) is 29.8 Å². The van der Waals surface area contributed by atoms with Gasteiger partial charge in [-0.05, 0) is 36.6 Å². The highest BCUT2D eigenvalue weighted by molar-refractivity contribution is 9.10. The summed E-state index contributed by atoms with van der Waals surface area (Å²) < 4.78 is 6.02. The molecule has 0 aliphatic carbocycles. The molecule has 0 spiro atoms. The second-order valence-corrected chi connectivity index (χ2v) is 6.07. The van der Waals surface area contributed by atoms with E-state index in [1.54, 1.807) is 7.11 Å². The smallest absolute Gasteiger partial charge is 0.253 e. The fourth-order valence-electron chi connectivity index (χ4n) is 1.96. The SMILES string of the molecule is COCCN(CC(C)C)C(=O)c1cc(C)cc(Br)c1. The number of methoxy groups -OCH3 is 1. The fraction of sp³-hybridized carbons (Fsp3) is 0.533. The van der Waals surface area contributed by atoms with Gasteiger partial charge in [-0.2, -0.15) is 0 Å². The van der Waals surface area contributed by atoms with Gasteiger partial charge in [-0.15, -0.1) is 0 Å². The molecule has 0 unspecified atom stereocenters. The Morgan fingerprint density at radius 3 is 2.58 bits per heavy atom. The zero-order valence-corrected chi connectivity index (χ0v) is 13.7. The highest BCUT2D eigenvalue weighted by Crippen LogP contribution is 2.17. The van der Waals surface area contributed by atoms with Crippen LogP contribution in [0.1, 0.15) is 29.8 Å². The predicted octanol–water partition coefficient (Wildman–Crippen LogP) is 3.50. The first-order chi connectivity index (χ1) is 8.93. The van der Waals surface area contributed by atoms with Crippen LogP contribution in [-0.2, 0) is 4.74 Å². The summed E-state index contributed by atoms with van der Waals surface area (Å²) in [6.07, 6.45) is 0. The Kier molecular flexibility index (Phi) is 6.52. The number of amides is 1. The summed E-state index contributed by atoms with van der Waals surface area (Å²) in [7, 11) is 1.65. The number of halogens is 1. The van der Waals surface area contributed by atoms with Crippen molar-refractivity contribution in [2.24, 2.45) is 5.92 Å². The van der Waals surface area contributed by atoms with Crippen LogP contribution in [-0.4, -0.2) is 37.6 Å². The van der Waals surface area contributed by atoms with Crippen LogP contribution in [0.25, 0.3) is 0 Å². The molecule has 106 valence electrons. The zero-order chi connectivity index (χ0) is 14.4. The molecule has 0 aliphatic rings. The number of ether oxygens (including phenoxy) is 1. The maximum absolute atomic E-state index is 12.5. The van der Waals surface area contributed by atoms with Gasteiger partial charge in [-0.3, -0.25) is 4.79 Å². The minimum Gasteiger partial charge on any atom is -0.383 e. The first-order valence-electron chi connectivity index (χ1n) is 6.49. The van der Waals surface area contributed by atoms with E-state index in [1.807, 2.05) is 30.0 Å². The van der Waals surface area contributed by atoms with Gasteiger partial charge in [0, 0.05) is 30.2 Å². The first-order valence-corrected chi connectivity index (χ1v) is 7.28. The number of benzene rings is 1. The normalized spacial score (nSPS) is 10.8. The van der Waals surface area contributed by atoms with Crippen molar-refractivity contribution in [2.75, 3.05) is 26.8 Å². The molecular formula is C15H22BrNO2. The van der Waals surface area contributed by atoms with Gasteiger partial charge in [0.1, 0.15) is 0 Å². The Morgan fingerprint density at radius 2 is 2.05 bits per heavy atom. The number of hydrogen-bond donors (Lipinski definition) is 0. The molecule has 0 aromatic heterocycles. The highest BCUT2D eigenvalue weighted by Gasteiger charge is 2.17. The summed E-state index contributed by atoms with van der Waals surface area (Å²) in [5, 5.41) is 0. The van der Waals surface area contributed by atoms with Gasteiger partial charge in [-0.25, -0.2) is 0 Å². The molecule has 4 heteroatoms. The quantitative estimate of drug-likeness (QED) is 0.800. The molecule has 0 saturated carbocycles. The molecule has 0 fully saturated rings. The Bertz CT molecular complexity index is 412. The fourth-order valence-corrected chi connectivity index (χ4v) is 2.57. The molecular weight excluding hydrogens is 306 g/mol. The topological polar surface area (TPSA) is 29.5 Å². The van der Waals surface area contributed by atoms with E-state index in [-0.39, 0.29) is 5.91 Å². The number of aryl methyl sites for hydroxylation is 1. The summed E-state index contributed by atoms with van der Waals surface area (Å²) in [4.78, 5) is 14.4. The van der Waals surface area contributed by atoms with Crippen LogP contribution in [0.5, 0.6) is 0 Å². The lowest BCUT2D eigenvalue weighted by Gasteiger charge is -2.24. The van der Waals surface area contributed by atoms with Crippen LogP contribution in [0.4, 0.5) is 0 Å². The molecule has 1 aromatic rings. The van der Waals surface area contributed by atoms with Crippen LogP contribution in [0.2, 0.25) is 0 Å². The third-order valence-electron chi connectivity index (χ3n) is 2.73. The molecule has 1 rings (SSSR count). The summed E-state index contributed by atoms with van der Waals surface area (Å²) >= 11 is 3.44. The monoisotopic (exact) mass is 327 g/mol. The minimum atomic E-state index is 0.0650. The third-order valence-corrected chi connectivity index (χ3v) is 3.18. The molecule has 0 N–H and O–H groups in total. The van der Waals surface area contributed by atoms with Crippen molar-refractivity contribution in [1.82, 2.24) is 4.90 Å². The van der Waals surface area contributed by atoms with Crippen molar-refractivity contribution in [3.8, 4) is 0 Å². The van der Waals surface area contributed by atoms with Gasteiger partial charge in [0.2, 0.25) is 0 Å². The molecule has 0 radical (unpaired) electrons. The lowest BCUT2D eigenvalue weighted by molar-refractivity contribution is 0.0672. The molecule has 0 bridgehead atoms. The number of carbonyl (C=O) groups excluding carboxylic acids is 1. The summed E-state index contributed by atoms with van der Waals surface area (Å²) in [6.45, 7) is 8.14. The molecule has 1 aromatic carbocycles. The Morgan fingerprint density at radius 1 is 1.37 bits per heavy atom. The third kappa shape index (κ3) is 5.33. The van der Waals surface area contributed by atoms with Crippen molar-refractivity contribution in [1.29, 1.82) is 0 Å². The highest BCUT2D eigenvalue weighted by atomic mass is 79.9. The van der Waals surface area contributed by atoms with Crippen LogP contribution in [0, 0.1) is 12.8 Å². The molecule has 1 amide bonds. The lowest BCUT2D eigenvalue weighted by atomic mass is 10.1. The number of hydrogen-bond acceptors (Lipinski definition) is 2. The Hall–Kier alpha value is -0.870. The molecule has 0 aliphatic heterocycles. The van der Waals surface area contributed by atoms with E-state index >= 15 is 0 Å². The van der Waals surface area contributed by atoms with Crippen LogP contribution in [0.15, 0.2) is 22.7 Å². The molecule has 19 heavy (non-hydrogen) atoms. The van der Waals surface area contributed by atoms with Gasteiger partial charge >= 0.3 is 0 Å². The van der Waals surface area contributed by atoms with Crippen molar-refractivity contribution >= 4 is 21.8 Å². The first kappa shape index (κ1) is 16.2. The molecule has 3 nitrogen and oxygen atoms in total. The molecule has 0 saturated heterocycles. The lowest BCUT2D eigenvalue weighted by Crippen LogP contribution is -2.36. The predicted molar refractivity (Wildman–Crippen MR) is 81.5 cm³/mol. The van der Waals surface area contributed by atoms with Crippen LogP contribution in [0.3, 0.4) is 0 Å². The van der Waals surface area contributed by atoms with Gasteiger partial charge in [0.15, 0.2) is 0 Å². The zero-order valence-electron chi connectivity index (χ0n) is 12.1. The van der Waals surface area contributed by atoms with E-state index < -0.39 is 0 Å². The summed E-state index contributed by atoms with van der Waals surface area (Å²) in [5.41, 5.74) is 1.80. The average Bonchev–Trinajstić information content (AvgIpc) is 2.32. The van der Waals surface area contributed by atoms with E-state index in [4.69, 9.17) is 4.74 Å². The van der Waals surface area contributed by atoms with E-state index in [1.165, 1.54) is 0 Å². The Balaban J connectivity index is 2.90. The van der Waals surface area contributed by atoms with Crippen LogP contribution < -0.4 is 0 Å². The largest absolute Gasteiger partial charge is 0.383 e. The van der Waals surface area contributed by atoms with Crippen molar-refractivity contribution < 1.29 is 9.53 Å². The van der Waals surface area contributed by atoms with Crippen LogP contribution >= 0.6 is 15.9 Å². The molecule has 0 heterocycles. The maximum Gasteiger partial charge on any atom is 0.253 e. The van der Waals surface area contributed by atoms with Crippen molar-refractivity contribution in [3.63, 3.8) is 0 Å². The number of nitrogens with zero attached hydrogens (tertiary/aromatic N) is 1. The van der Waals surface area contributed by atoms with Crippen molar-refractivity contribution in [2.45, 2.75) is 20.8 Å². The second kappa shape index (κ2) is 7.65. The van der Waals surface area contributed by atoms with Gasteiger partial charge in [0.25, 0.3) is 5.91 Å². The second-order valence-electron chi connectivity index (χ2n) is 5.16. The Labute approximate surface area is 124 Å². The van der Waals surface area contributed by atoms with Gasteiger partial charge in [-0.1, -0.05) is 29.8 Å². The van der Waals surface area contributed by atoms with Crippen molar-refractivity contribution in [3.05, 3.63) is 33.8 Å². The standard InChI is InChI=1S/C15H22BrNO2/c1-11(2)10-17(5-6-19-4)15(18)13-7-12(3)8-14(16)9-13/h7-9,11H,5-6,10H2,1-4H3. The summed E-state index contributed by atoms with van der Waals surface area (Å²) in [6, 6.07) is 5.79. The van der Waals surface area contributed by atoms with Gasteiger partial charge < -0.3 is 9.64 Å². The minimum absolute atomic E-state index is 0.0650.